The number of rotatable bonds is 3. The van der Waals surface area contributed by atoms with Gasteiger partial charge in [0.25, 0.3) is 0 Å². The molecule has 2 N–H and O–H groups in total. The maximum atomic E-state index is 12.9. The largest absolute Gasteiger partial charge is 0.397 e. The molecule has 1 aromatic heterocycles. The molecule has 0 aliphatic carbocycles. The molecule has 4 aromatic carbocycles. The van der Waals surface area contributed by atoms with E-state index in [2.05, 4.69) is 14.8 Å². The summed E-state index contributed by atoms with van der Waals surface area (Å²) in [7, 11) is 0. The first-order valence-electron chi connectivity index (χ1n) is 9.61. The van der Waals surface area contributed by atoms with Crippen molar-refractivity contribution in [2.24, 2.45) is 10.2 Å². The van der Waals surface area contributed by atoms with Gasteiger partial charge in [0.05, 0.1) is 22.4 Å². The van der Waals surface area contributed by atoms with Crippen LogP contribution in [0.3, 0.4) is 0 Å². The van der Waals surface area contributed by atoms with Gasteiger partial charge in [0.2, 0.25) is 0 Å². The van der Waals surface area contributed by atoms with Gasteiger partial charge in [-0.3, -0.25) is 4.79 Å². The average Bonchev–Trinajstić information content (AvgIpc) is 2.80. The normalized spacial score (nSPS) is 11.5. The lowest BCUT2D eigenvalue weighted by Crippen LogP contribution is -2.10. The van der Waals surface area contributed by atoms with Crippen molar-refractivity contribution in [1.82, 2.24) is 4.57 Å². The molecule has 0 fully saturated rings. The number of fused-ring (bicyclic) bond motifs is 2. The van der Waals surface area contributed by atoms with E-state index in [0.717, 1.165) is 22.4 Å². The molecule has 1 heterocycles. The van der Waals surface area contributed by atoms with Gasteiger partial charge in [-0.2, -0.15) is 5.11 Å². The summed E-state index contributed by atoms with van der Waals surface area (Å²) < 4.78 is 2.10. The number of hydrogen-bond donors (Lipinski definition) is 1. The topological polar surface area (TPSA) is 72.7 Å². The summed E-state index contributed by atoms with van der Waals surface area (Å²) in [4.78, 5) is 12.9. The summed E-state index contributed by atoms with van der Waals surface area (Å²) in [5.41, 5.74) is 10.6. The molecular formula is C25H18N4O. The number of nitrogens with zero attached hydrogens (tertiary/aromatic N) is 3. The zero-order valence-electron chi connectivity index (χ0n) is 16.1. The Morgan fingerprint density at radius 2 is 1.20 bits per heavy atom. The van der Waals surface area contributed by atoms with Crippen molar-refractivity contribution in [1.29, 1.82) is 0 Å². The van der Waals surface area contributed by atoms with Crippen molar-refractivity contribution < 1.29 is 0 Å². The van der Waals surface area contributed by atoms with Crippen LogP contribution in [0.1, 0.15) is 0 Å². The lowest BCUT2D eigenvalue weighted by atomic mass is 10.1. The Hall–Kier alpha value is -4.25. The van der Waals surface area contributed by atoms with Gasteiger partial charge in [0.15, 0.2) is 5.43 Å². The first-order chi connectivity index (χ1) is 14.7. The molecule has 0 bridgehead atoms. The highest BCUT2D eigenvalue weighted by atomic mass is 16.1. The molecule has 30 heavy (non-hydrogen) atoms. The Bertz CT molecular complexity index is 1410. The van der Waals surface area contributed by atoms with Crippen LogP contribution in [0.15, 0.2) is 112 Å². The van der Waals surface area contributed by atoms with Crippen LogP contribution >= 0.6 is 0 Å². The third kappa shape index (κ3) is 3.02. The van der Waals surface area contributed by atoms with Gasteiger partial charge in [-0.25, -0.2) is 0 Å². The van der Waals surface area contributed by atoms with E-state index in [0.29, 0.717) is 22.1 Å². The molecule has 0 amide bonds. The van der Waals surface area contributed by atoms with Crippen molar-refractivity contribution in [2.75, 3.05) is 5.73 Å². The van der Waals surface area contributed by atoms with Crippen LogP contribution in [0.2, 0.25) is 0 Å². The number of aromatic nitrogens is 1. The first kappa shape index (κ1) is 17.8. The van der Waals surface area contributed by atoms with Gasteiger partial charge in [-0.05, 0) is 60.7 Å². The maximum Gasteiger partial charge on any atom is 0.197 e. The fourth-order valence-electron chi connectivity index (χ4n) is 3.63. The molecule has 144 valence electrons. The standard InChI is InChI=1S/C25H18N4O/c26-21-9-3-4-10-22(21)28-27-17-13-15-18(16-14-17)29-23-11-5-1-7-19(23)25(30)20-8-2-6-12-24(20)29/h1-16H,26H2. The number of nitrogens with two attached hydrogens (primary N) is 1. The van der Waals surface area contributed by atoms with E-state index in [1.165, 1.54) is 0 Å². The quantitative estimate of drug-likeness (QED) is 0.228. The Kier molecular flexibility index (Phi) is 4.33. The third-order valence-corrected chi connectivity index (χ3v) is 5.10. The molecule has 0 unspecified atom stereocenters. The molecule has 0 aliphatic heterocycles. The predicted octanol–water partition coefficient (Wildman–Crippen LogP) is 6.14. The molecule has 5 nitrogen and oxygen atoms in total. The van der Waals surface area contributed by atoms with Crippen LogP contribution in [0.5, 0.6) is 0 Å². The molecule has 0 spiro atoms. The van der Waals surface area contributed by atoms with Gasteiger partial charge in [-0.1, -0.05) is 36.4 Å². The van der Waals surface area contributed by atoms with E-state index in [-0.39, 0.29) is 5.43 Å². The maximum absolute atomic E-state index is 12.9. The minimum Gasteiger partial charge on any atom is -0.397 e. The zero-order valence-corrected chi connectivity index (χ0v) is 16.1. The summed E-state index contributed by atoms with van der Waals surface area (Å²) >= 11 is 0. The predicted molar refractivity (Wildman–Crippen MR) is 122 cm³/mol. The summed E-state index contributed by atoms with van der Waals surface area (Å²) in [5, 5.41) is 9.93. The fourth-order valence-corrected chi connectivity index (χ4v) is 3.63. The second kappa shape index (κ2) is 7.29. The van der Waals surface area contributed by atoms with E-state index in [9.17, 15) is 4.79 Å². The van der Waals surface area contributed by atoms with Crippen molar-refractivity contribution in [3.63, 3.8) is 0 Å². The van der Waals surface area contributed by atoms with Gasteiger partial charge in [0, 0.05) is 16.5 Å². The van der Waals surface area contributed by atoms with E-state index in [4.69, 9.17) is 5.73 Å². The number of nitrogen functional groups attached to an aromatic ring is 1. The number of hydrogen-bond acceptors (Lipinski definition) is 4. The zero-order chi connectivity index (χ0) is 20.5. The average molecular weight is 390 g/mol. The van der Waals surface area contributed by atoms with Crippen molar-refractivity contribution in [2.45, 2.75) is 0 Å². The van der Waals surface area contributed by atoms with Crippen LogP contribution < -0.4 is 11.2 Å². The molecule has 0 saturated heterocycles. The van der Waals surface area contributed by atoms with E-state index >= 15 is 0 Å². The number of anilines is 1. The SMILES string of the molecule is Nc1ccccc1N=Nc1ccc(-n2c3ccccc3c(=O)c3ccccc32)cc1. The van der Waals surface area contributed by atoms with E-state index in [1.54, 1.807) is 6.07 Å². The summed E-state index contributed by atoms with van der Waals surface area (Å²) in [6.07, 6.45) is 0. The van der Waals surface area contributed by atoms with Crippen LogP contribution in [-0.2, 0) is 0 Å². The molecule has 5 heteroatoms. The summed E-state index contributed by atoms with van der Waals surface area (Å²) in [6, 6.07) is 30.5. The van der Waals surface area contributed by atoms with E-state index < -0.39 is 0 Å². The van der Waals surface area contributed by atoms with Crippen LogP contribution in [0.25, 0.3) is 27.5 Å². The lowest BCUT2D eigenvalue weighted by molar-refractivity contribution is 1.15. The van der Waals surface area contributed by atoms with Gasteiger partial charge >= 0.3 is 0 Å². The summed E-state index contributed by atoms with van der Waals surface area (Å²) in [6.45, 7) is 0. The Morgan fingerprint density at radius 3 is 1.83 bits per heavy atom. The highest BCUT2D eigenvalue weighted by Crippen LogP contribution is 2.27. The molecule has 5 rings (SSSR count). The molecule has 5 aromatic rings. The third-order valence-electron chi connectivity index (χ3n) is 5.10. The van der Waals surface area contributed by atoms with Gasteiger partial charge in [-0.15, -0.1) is 5.11 Å². The molecule has 0 saturated carbocycles. The van der Waals surface area contributed by atoms with Crippen LogP contribution in [-0.4, -0.2) is 4.57 Å². The smallest absolute Gasteiger partial charge is 0.197 e. The lowest BCUT2D eigenvalue weighted by Gasteiger charge is -2.15. The Balaban J connectivity index is 1.63. The monoisotopic (exact) mass is 390 g/mol. The minimum atomic E-state index is 0.0447. The Labute approximate surface area is 172 Å². The Morgan fingerprint density at radius 1 is 0.633 bits per heavy atom. The molecular weight excluding hydrogens is 372 g/mol. The fraction of sp³-hybridized carbons (Fsp3) is 0. The number of pyridine rings is 1. The second-order valence-electron chi connectivity index (χ2n) is 6.97. The number of para-hydroxylation sites is 3. The molecule has 0 atom stereocenters. The van der Waals surface area contributed by atoms with Crippen LogP contribution in [0, 0.1) is 0 Å². The minimum absolute atomic E-state index is 0.0447. The molecule has 0 radical (unpaired) electrons. The van der Waals surface area contributed by atoms with Gasteiger partial charge in [0.1, 0.15) is 5.69 Å². The van der Waals surface area contributed by atoms with Crippen molar-refractivity contribution in [3.05, 3.63) is 107 Å². The second-order valence-corrected chi connectivity index (χ2v) is 6.97. The van der Waals surface area contributed by atoms with Crippen molar-refractivity contribution in [3.8, 4) is 5.69 Å². The first-order valence-corrected chi connectivity index (χ1v) is 9.61. The highest BCUT2D eigenvalue weighted by molar-refractivity contribution is 5.95. The highest BCUT2D eigenvalue weighted by Gasteiger charge is 2.11. The van der Waals surface area contributed by atoms with Crippen molar-refractivity contribution >= 4 is 38.9 Å². The van der Waals surface area contributed by atoms with Gasteiger partial charge < -0.3 is 10.3 Å². The number of benzene rings is 4. The molecule has 0 aliphatic rings. The van der Waals surface area contributed by atoms with Crippen LogP contribution in [0.4, 0.5) is 17.1 Å². The number of azo groups is 1. The van der Waals surface area contributed by atoms with E-state index in [1.807, 2.05) is 91.0 Å². The summed E-state index contributed by atoms with van der Waals surface area (Å²) in [5.74, 6) is 0.